The van der Waals surface area contributed by atoms with Gasteiger partial charge in [0.2, 0.25) is 7.28 Å². The first kappa shape index (κ1) is 29.2. The van der Waals surface area contributed by atoms with Crippen LogP contribution < -0.4 is 26.0 Å². The molecule has 1 aromatic heterocycles. The van der Waals surface area contributed by atoms with Gasteiger partial charge in [0, 0.05) is 18.6 Å². The van der Waals surface area contributed by atoms with Crippen molar-refractivity contribution in [2.24, 2.45) is 0 Å². The third-order valence-corrected chi connectivity index (χ3v) is 13.0. The van der Waals surface area contributed by atoms with Crippen molar-refractivity contribution in [3.05, 3.63) is 169 Å². The second-order valence-corrected chi connectivity index (χ2v) is 15.0. The molecule has 44 heavy (non-hydrogen) atoms. The van der Waals surface area contributed by atoms with Gasteiger partial charge in [0.1, 0.15) is 5.75 Å². The molecule has 0 unspecified atom stereocenters. The third kappa shape index (κ3) is 6.53. The van der Waals surface area contributed by atoms with Crippen LogP contribution in [0.25, 0.3) is 11.5 Å². The molecule has 0 radical (unpaired) electrons. The Kier molecular flexibility index (Phi) is 9.34. The van der Waals surface area contributed by atoms with Gasteiger partial charge in [-0.05, 0) is 45.2 Å². The van der Waals surface area contributed by atoms with Crippen LogP contribution in [-0.4, -0.2) is 31.5 Å². The molecular weight excluding hydrogens is 551 g/mol. The number of imidazole rings is 1. The van der Waals surface area contributed by atoms with E-state index in [-0.39, 0.29) is 0 Å². The summed E-state index contributed by atoms with van der Waals surface area (Å²) in [4.78, 5) is 4.96. The van der Waals surface area contributed by atoms with Crippen LogP contribution in [-0.2, 0) is 6.17 Å². The third-order valence-electron chi connectivity index (χ3n) is 8.20. The van der Waals surface area contributed by atoms with Gasteiger partial charge >= 0.3 is 0 Å². The molecule has 216 valence electrons. The number of hydrogen-bond acceptors (Lipinski definition) is 2. The van der Waals surface area contributed by atoms with Gasteiger partial charge in [-0.1, -0.05) is 152 Å². The molecule has 6 rings (SSSR count). The highest BCUT2D eigenvalue weighted by Gasteiger charge is 2.40. The Morgan fingerprint density at radius 2 is 1.25 bits per heavy atom. The molecular formula is C39H37BN2OSi. The van der Waals surface area contributed by atoms with E-state index >= 15 is 0 Å². The molecule has 0 aliphatic rings. The molecule has 0 saturated heterocycles. The molecule has 5 heteroatoms. The van der Waals surface area contributed by atoms with Gasteiger partial charge in [0.15, 0.2) is 8.07 Å². The first-order valence-electron chi connectivity index (χ1n) is 15.4. The topological polar surface area (TPSA) is 27.1 Å². The summed E-state index contributed by atoms with van der Waals surface area (Å²) in [5.74, 6) is 0.918. The average Bonchev–Trinajstić information content (AvgIpc) is 3.54. The van der Waals surface area contributed by atoms with E-state index in [0.717, 1.165) is 37.9 Å². The maximum Gasteiger partial charge on any atom is 0.239 e. The van der Waals surface area contributed by atoms with Crippen LogP contribution in [0.5, 0.6) is 5.75 Å². The Morgan fingerprint density at radius 1 is 0.705 bits per heavy atom. The number of ether oxygens (including phenoxy) is 1. The Hall–Kier alpha value is -4.87. The Balaban J connectivity index is 1.46. The fourth-order valence-electron chi connectivity index (χ4n) is 5.99. The molecule has 5 aromatic carbocycles. The lowest BCUT2D eigenvalue weighted by Gasteiger charge is -2.34. The van der Waals surface area contributed by atoms with Crippen molar-refractivity contribution in [3.63, 3.8) is 0 Å². The summed E-state index contributed by atoms with van der Waals surface area (Å²) in [6.07, 6.45) is 8.23. The number of benzene rings is 5. The minimum Gasteiger partial charge on any atom is -0.494 e. The maximum atomic E-state index is 5.99. The summed E-state index contributed by atoms with van der Waals surface area (Å²) in [6, 6.07) is 52.2. The van der Waals surface area contributed by atoms with Gasteiger partial charge in [-0.15, -0.1) is 0 Å². The lowest BCUT2D eigenvalue weighted by molar-refractivity contribution is 0.317. The molecule has 0 bridgehead atoms. The maximum absolute atomic E-state index is 5.99. The smallest absolute Gasteiger partial charge is 0.239 e. The van der Waals surface area contributed by atoms with Gasteiger partial charge in [-0.25, -0.2) is 0 Å². The molecule has 0 aliphatic heterocycles. The summed E-state index contributed by atoms with van der Waals surface area (Å²) in [5, 5.41) is 4.09. The van der Waals surface area contributed by atoms with Crippen LogP contribution in [0.15, 0.2) is 158 Å². The van der Waals surface area contributed by atoms with Crippen LogP contribution in [0.1, 0.15) is 24.5 Å². The average molecular weight is 589 g/mol. The van der Waals surface area contributed by atoms with Crippen LogP contribution in [0.3, 0.4) is 0 Å². The molecule has 1 heterocycles. The zero-order chi connectivity index (χ0) is 30.0. The molecule has 0 aliphatic carbocycles. The molecule has 0 spiro atoms. The highest BCUT2D eigenvalue weighted by atomic mass is 28.3. The van der Waals surface area contributed by atoms with Gasteiger partial charge in [-0.2, -0.15) is 0 Å². The van der Waals surface area contributed by atoms with Crippen LogP contribution in [0, 0.1) is 0 Å². The van der Waals surface area contributed by atoms with Crippen molar-refractivity contribution in [1.82, 2.24) is 9.55 Å². The highest BCUT2D eigenvalue weighted by Crippen LogP contribution is 2.18. The van der Waals surface area contributed by atoms with Gasteiger partial charge in [0.05, 0.1) is 12.3 Å². The van der Waals surface area contributed by atoms with Crippen molar-refractivity contribution < 1.29 is 4.74 Å². The highest BCUT2D eigenvalue weighted by molar-refractivity contribution is 7.10. The van der Waals surface area contributed by atoms with Crippen molar-refractivity contribution in [2.45, 2.75) is 19.5 Å². The molecule has 0 saturated carbocycles. The summed E-state index contributed by atoms with van der Waals surface area (Å²) >= 11 is 0. The Morgan fingerprint density at radius 3 is 1.84 bits per heavy atom. The Labute approximate surface area is 262 Å². The second-order valence-electron chi connectivity index (χ2n) is 11.1. The first-order chi connectivity index (χ1) is 21.8. The lowest BCUT2D eigenvalue weighted by Crippen LogP contribution is -2.70. The zero-order valence-corrected chi connectivity index (χ0v) is 26.2. The number of aromatic nitrogens is 2. The number of rotatable bonds is 12. The molecule has 0 fully saturated rings. The quantitative estimate of drug-likeness (QED) is 0.105. The van der Waals surface area contributed by atoms with Gasteiger partial charge < -0.3 is 9.30 Å². The van der Waals surface area contributed by atoms with Crippen LogP contribution >= 0.6 is 0 Å². The van der Waals surface area contributed by atoms with Crippen LogP contribution in [0.4, 0.5) is 0 Å². The summed E-state index contributed by atoms with van der Waals surface area (Å²) < 4.78 is 8.39. The normalized spacial score (nSPS) is 11.7. The van der Waals surface area contributed by atoms with E-state index in [2.05, 4.69) is 169 Å². The van der Waals surface area contributed by atoms with Crippen LogP contribution in [0.2, 0.25) is 0 Å². The predicted molar refractivity (Wildman–Crippen MR) is 190 cm³/mol. The van der Waals surface area contributed by atoms with E-state index in [4.69, 9.17) is 9.72 Å². The fourth-order valence-corrected chi connectivity index (χ4v) is 10.6. The van der Waals surface area contributed by atoms with E-state index in [0.29, 0.717) is 0 Å². The molecule has 0 atom stereocenters. The van der Waals surface area contributed by atoms with Crippen molar-refractivity contribution >= 4 is 48.2 Å². The van der Waals surface area contributed by atoms with Crippen molar-refractivity contribution in [3.8, 4) is 5.75 Å². The summed E-state index contributed by atoms with van der Waals surface area (Å²) in [7, 11) is -1.84. The monoisotopic (exact) mass is 588 g/mol. The standard InChI is InChI=1S/C39H37BN2OSi/c1-2-29-43-34-23-25-37(26-24-34)44(35-19-11-5-12-20-35,36-21-13-6-14-22-36)31-42-28-27-41-39(42)40-38(33-17-9-4-10-18-33)30-32-15-7-3-8-16-32/h3-28,30,40H,2,29,31H2,1H3. The van der Waals surface area contributed by atoms with E-state index in [1.54, 1.807) is 0 Å². The summed E-state index contributed by atoms with van der Waals surface area (Å²) in [5.41, 5.74) is 4.70. The van der Waals surface area contributed by atoms with Crippen molar-refractivity contribution in [1.29, 1.82) is 0 Å². The molecule has 6 aromatic rings. The largest absolute Gasteiger partial charge is 0.494 e. The molecule has 3 nitrogen and oxygen atoms in total. The molecule has 0 amide bonds. The minimum absolute atomic E-state index is 0.720. The zero-order valence-electron chi connectivity index (χ0n) is 25.2. The van der Waals surface area contributed by atoms with E-state index in [1.165, 1.54) is 32.2 Å². The van der Waals surface area contributed by atoms with E-state index in [9.17, 15) is 0 Å². The Bertz CT molecular complexity index is 1730. The number of nitrogens with zero attached hydrogens (tertiary/aromatic N) is 2. The van der Waals surface area contributed by atoms with E-state index in [1.807, 2.05) is 6.20 Å². The lowest BCUT2D eigenvalue weighted by atomic mass is 9.65. The van der Waals surface area contributed by atoms with Gasteiger partial charge in [-0.3, -0.25) is 4.98 Å². The van der Waals surface area contributed by atoms with Gasteiger partial charge in [0.25, 0.3) is 0 Å². The predicted octanol–water partition coefficient (Wildman–Crippen LogP) is 5.64. The van der Waals surface area contributed by atoms with Crippen molar-refractivity contribution in [2.75, 3.05) is 6.61 Å². The fraction of sp³-hybridized carbons (Fsp3) is 0.103. The SMILES string of the molecule is CCCOc1ccc([Si](Cn2ccnc2BC(=Cc2ccccc2)c2ccccc2)(c2ccccc2)c2ccccc2)cc1. The minimum atomic E-state index is -2.57. The first-order valence-corrected chi connectivity index (χ1v) is 17.6. The molecule has 0 N–H and O–H groups in total. The van der Waals surface area contributed by atoms with E-state index < -0.39 is 8.07 Å². The summed E-state index contributed by atoms with van der Waals surface area (Å²) in [6.45, 7) is 2.86. The number of hydrogen-bond donors (Lipinski definition) is 0. The second kappa shape index (κ2) is 14.1.